The van der Waals surface area contributed by atoms with E-state index >= 15 is 0 Å². The Kier molecular flexibility index (Phi) is 4.29. The fraction of sp³-hybridized carbons (Fsp3) is 0.286. The molecule has 1 rings (SSSR count). The smallest absolute Gasteiger partial charge is 0.183 e. The zero-order chi connectivity index (χ0) is 9.52. The summed E-state index contributed by atoms with van der Waals surface area (Å²) >= 11 is 2.95. The summed E-state index contributed by atoms with van der Waals surface area (Å²) in [6.45, 7) is 0.522. The highest BCUT2D eigenvalue weighted by molar-refractivity contribution is 8.13. The molecule has 1 aromatic heterocycles. The number of rotatable bonds is 2. The van der Waals surface area contributed by atoms with Crippen molar-refractivity contribution in [3.63, 3.8) is 0 Å². The molecular weight excluding hydrogens is 204 g/mol. The van der Waals surface area contributed by atoms with Gasteiger partial charge in [-0.05, 0) is 6.26 Å². The van der Waals surface area contributed by atoms with Crippen LogP contribution in [0.25, 0.3) is 0 Å². The number of nitrogens with zero attached hydrogens (tertiary/aromatic N) is 3. The molecule has 0 aromatic carbocycles. The molecule has 0 spiro atoms. The number of nitriles is 1. The SMILES string of the molecule is CSC(=NCc1cscn1)NC#N. The standard InChI is InChI=1S/C7H8N4S2/c1-12-7(10-4-8)9-2-6-3-13-5-11-6/h3,5H,2H2,1H3,(H,9,10). The second-order valence-electron chi connectivity index (χ2n) is 2.04. The van der Waals surface area contributed by atoms with Crippen LogP contribution in [0, 0.1) is 11.5 Å². The number of thiazole rings is 1. The average molecular weight is 212 g/mol. The first-order valence-corrected chi connectivity index (χ1v) is 5.64. The lowest BCUT2D eigenvalue weighted by atomic mass is 10.5. The molecule has 4 nitrogen and oxygen atoms in total. The summed E-state index contributed by atoms with van der Waals surface area (Å²) in [5.41, 5.74) is 2.69. The minimum absolute atomic E-state index is 0.522. The molecule has 1 heterocycles. The number of hydrogen-bond acceptors (Lipinski definition) is 5. The van der Waals surface area contributed by atoms with E-state index in [1.165, 1.54) is 23.1 Å². The molecule has 0 aliphatic heterocycles. The number of hydrogen-bond donors (Lipinski definition) is 1. The monoisotopic (exact) mass is 212 g/mol. The molecule has 0 saturated carbocycles. The van der Waals surface area contributed by atoms with E-state index in [1.807, 2.05) is 17.8 Å². The predicted molar refractivity (Wildman–Crippen MR) is 55.5 cm³/mol. The molecule has 0 atom stereocenters. The summed E-state index contributed by atoms with van der Waals surface area (Å²) in [5, 5.41) is 13.4. The Morgan fingerprint density at radius 2 is 2.77 bits per heavy atom. The largest absolute Gasteiger partial charge is 0.272 e. The molecule has 1 aromatic rings. The van der Waals surface area contributed by atoms with E-state index in [-0.39, 0.29) is 0 Å². The fourth-order valence-corrected chi connectivity index (χ4v) is 1.56. The predicted octanol–water partition coefficient (Wildman–Crippen LogP) is 1.43. The van der Waals surface area contributed by atoms with Crippen LogP contribution in [0.4, 0.5) is 0 Å². The van der Waals surface area contributed by atoms with Gasteiger partial charge in [-0.3, -0.25) is 10.3 Å². The minimum atomic E-state index is 0.522. The van der Waals surface area contributed by atoms with Crippen LogP contribution in [-0.4, -0.2) is 16.4 Å². The molecule has 0 unspecified atom stereocenters. The Hall–Kier alpha value is -1.06. The molecule has 0 aliphatic rings. The van der Waals surface area contributed by atoms with Gasteiger partial charge in [-0.1, -0.05) is 11.8 Å². The van der Waals surface area contributed by atoms with E-state index in [2.05, 4.69) is 15.3 Å². The summed E-state index contributed by atoms with van der Waals surface area (Å²) in [5.74, 6) is 0. The number of nitrogens with one attached hydrogen (secondary N) is 1. The van der Waals surface area contributed by atoms with Gasteiger partial charge in [-0.2, -0.15) is 5.26 Å². The van der Waals surface area contributed by atoms with E-state index in [4.69, 9.17) is 5.26 Å². The molecule has 68 valence electrons. The third-order valence-corrected chi connectivity index (χ3v) is 2.48. The lowest BCUT2D eigenvalue weighted by molar-refractivity contribution is 1.00. The summed E-state index contributed by atoms with van der Waals surface area (Å²) in [6.07, 6.45) is 3.69. The number of aliphatic imine (C=N–C) groups is 1. The van der Waals surface area contributed by atoms with Gasteiger partial charge in [0.15, 0.2) is 11.4 Å². The van der Waals surface area contributed by atoms with E-state index < -0.39 is 0 Å². The highest BCUT2D eigenvalue weighted by atomic mass is 32.2. The number of aromatic nitrogens is 1. The van der Waals surface area contributed by atoms with Crippen LogP contribution < -0.4 is 5.32 Å². The van der Waals surface area contributed by atoms with Crippen LogP contribution in [0.3, 0.4) is 0 Å². The van der Waals surface area contributed by atoms with Crippen LogP contribution >= 0.6 is 23.1 Å². The van der Waals surface area contributed by atoms with Crippen molar-refractivity contribution >= 4 is 28.3 Å². The van der Waals surface area contributed by atoms with Crippen LogP contribution in [-0.2, 0) is 6.54 Å². The quantitative estimate of drug-likeness (QED) is 0.349. The molecule has 1 N–H and O–H groups in total. The zero-order valence-electron chi connectivity index (χ0n) is 7.02. The van der Waals surface area contributed by atoms with Crippen molar-refractivity contribution in [3.05, 3.63) is 16.6 Å². The Morgan fingerprint density at radius 3 is 3.31 bits per heavy atom. The van der Waals surface area contributed by atoms with E-state index in [0.29, 0.717) is 11.7 Å². The van der Waals surface area contributed by atoms with E-state index in [9.17, 15) is 0 Å². The third kappa shape index (κ3) is 3.44. The molecule has 0 aliphatic carbocycles. The van der Waals surface area contributed by atoms with Gasteiger partial charge in [0.1, 0.15) is 0 Å². The van der Waals surface area contributed by atoms with Gasteiger partial charge in [-0.25, -0.2) is 4.98 Å². The van der Waals surface area contributed by atoms with Crippen molar-refractivity contribution in [1.29, 1.82) is 5.26 Å². The van der Waals surface area contributed by atoms with Crippen LogP contribution in [0.2, 0.25) is 0 Å². The van der Waals surface area contributed by atoms with Crippen molar-refractivity contribution in [3.8, 4) is 6.19 Å². The van der Waals surface area contributed by atoms with Crippen molar-refractivity contribution in [2.45, 2.75) is 6.54 Å². The maximum atomic E-state index is 8.36. The maximum absolute atomic E-state index is 8.36. The molecule has 0 radical (unpaired) electrons. The summed E-state index contributed by atoms with van der Waals surface area (Å²) in [4.78, 5) is 8.24. The summed E-state index contributed by atoms with van der Waals surface area (Å²) in [6, 6.07) is 0. The lowest BCUT2D eigenvalue weighted by Gasteiger charge is -1.97. The normalized spacial score (nSPS) is 10.9. The molecule has 13 heavy (non-hydrogen) atoms. The van der Waals surface area contributed by atoms with Crippen molar-refractivity contribution in [1.82, 2.24) is 10.3 Å². The van der Waals surface area contributed by atoms with Gasteiger partial charge in [0.25, 0.3) is 0 Å². The Balaban J connectivity index is 2.51. The molecule has 0 saturated heterocycles. The maximum Gasteiger partial charge on any atom is 0.183 e. The Labute approximate surface area is 84.7 Å². The topological polar surface area (TPSA) is 61.1 Å². The van der Waals surface area contributed by atoms with Crippen molar-refractivity contribution < 1.29 is 0 Å². The third-order valence-electron chi connectivity index (χ3n) is 1.22. The first-order chi connectivity index (χ1) is 6.36. The minimum Gasteiger partial charge on any atom is -0.272 e. The number of thioether (sulfide) groups is 1. The van der Waals surface area contributed by atoms with Crippen LogP contribution in [0.5, 0.6) is 0 Å². The summed E-state index contributed by atoms with van der Waals surface area (Å²) < 4.78 is 0. The second kappa shape index (κ2) is 5.56. The van der Waals surface area contributed by atoms with Gasteiger partial charge >= 0.3 is 0 Å². The second-order valence-corrected chi connectivity index (χ2v) is 3.56. The van der Waals surface area contributed by atoms with Crippen LogP contribution in [0.15, 0.2) is 15.9 Å². The molecule has 0 amide bonds. The average Bonchev–Trinajstić information content (AvgIpc) is 2.64. The molecular formula is C7H8N4S2. The Bertz CT molecular complexity index is 312. The zero-order valence-corrected chi connectivity index (χ0v) is 8.65. The highest BCUT2D eigenvalue weighted by Crippen LogP contribution is 2.04. The molecule has 0 fully saturated rings. The van der Waals surface area contributed by atoms with Gasteiger partial charge in [0.05, 0.1) is 17.7 Å². The van der Waals surface area contributed by atoms with Crippen LogP contribution in [0.1, 0.15) is 5.69 Å². The van der Waals surface area contributed by atoms with Gasteiger partial charge in [0.2, 0.25) is 0 Å². The van der Waals surface area contributed by atoms with Gasteiger partial charge in [0, 0.05) is 5.38 Å². The van der Waals surface area contributed by atoms with E-state index in [1.54, 1.807) is 5.51 Å². The van der Waals surface area contributed by atoms with Crippen molar-refractivity contribution in [2.24, 2.45) is 4.99 Å². The first kappa shape index (κ1) is 10.0. The molecule has 0 bridgehead atoms. The fourth-order valence-electron chi connectivity index (χ4n) is 0.671. The Morgan fingerprint density at radius 1 is 1.92 bits per heavy atom. The van der Waals surface area contributed by atoms with Crippen molar-refractivity contribution in [2.75, 3.05) is 6.26 Å². The molecule has 6 heteroatoms. The lowest BCUT2D eigenvalue weighted by Crippen LogP contribution is -2.13. The van der Waals surface area contributed by atoms with Gasteiger partial charge < -0.3 is 0 Å². The first-order valence-electron chi connectivity index (χ1n) is 3.47. The van der Waals surface area contributed by atoms with Gasteiger partial charge in [-0.15, -0.1) is 11.3 Å². The van der Waals surface area contributed by atoms with E-state index in [0.717, 1.165) is 5.69 Å². The summed E-state index contributed by atoms with van der Waals surface area (Å²) in [7, 11) is 0. The highest BCUT2D eigenvalue weighted by Gasteiger charge is 1.96. The number of amidine groups is 1.